The molecule has 2 saturated carbocycles. The minimum atomic E-state index is -1.15. The average Bonchev–Trinajstić information content (AvgIpc) is 3.18. The van der Waals surface area contributed by atoms with E-state index in [1.165, 1.54) is 64.2 Å². The zero-order valence-electron chi connectivity index (χ0n) is 26.0. The molecule has 44 heavy (non-hydrogen) atoms. The van der Waals surface area contributed by atoms with Crippen LogP contribution < -0.4 is 10.9 Å². The van der Waals surface area contributed by atoms with E-state index in [-0.39, 0.29) is 41.8 Å². The third kappa shape index (κ3) is 6.70. The summed E-state index contributed by atoms with van der Waals surface area (Å²) in [5.74, 6) is 0.477. The Hall–Kier alpha value is -3.27. The van der Waals surface area contributed by atoms with E-state index < -0.39 is 12.6 Å². The minimum absolute atomic E-state index is 0.0404. The maximum Gasteiger partial charge on any atom is 0.344 e. The van der Waals surface area contributed by atoms with E-state index in [9.17, 15) is 14.4 Å². The van der Waals surface area contributed by atoms with Crippen molar-refractivity contribution in [1.29, 1.82) is 0 Å². The highest BCUT2D eigenvalue weighted by molar-refractivity contribution is 5.99. The van der Waals surface area contributed by atoms with Crippen LogP contribution in [0.3, 0.4) is 0 Å². The van der Waals surface area contributed by atoms with Gasteiger partial charge in [-0.1, -0.05) is 49.4 Å². The number of para-hydroxylation sites is 2. The Balaban J connectivity index is 1.32. The summed E-state index contributed by atoms with van der Waals surface area (Å²) in [5.41, 5.74) is 1.75. The van der Waals surface area contributed by atoms with E-state index in [1.54, 1.807) is 7.05 Å². The molecule has 4 unspecified atom stereocenters. The van der Waals surface area contributed by atoms with Crippen LogP contribution in [0.15, 0.2) is 34.2 Å². The molecule has 1 aromatic carbocycles. The molecule has 4 bridgehead atoms. The maximum absolute atomic E-state index is 14.4. The molecule has 2 aliphatic carbocycles. The van der Waals surface area contributed by atoms with Crippen LogP contribution >= 0.6 is 0 Å². The molecular weight excluding hydrogens is 558 g/mol. The van der Waals surface area contributed by atoms with Crippen LogP contribution in [0.2, 0.25) is 0 Å². The lowest BCUT2D eigenvalue weighted by Gasteiger charge is -2.54. The van der Waals surface area contributed by atoms with Gasteiger partial charge in [0.25, 0.3) is 5.56 Å². The van der Waals surface area contributed by atoms with Gasteiger partial charge in [-0.25, -0.2) is 9.78 Å². The second-order valence-electron chi connectivity index (χ2n) is 13.5. The van der Waals surface area contributed by atoms with Gasteiger partial charge in [0.1, 0.15) is 5.71 Å². The minimum Gasteiger partial charge on any atom is -0.479 e. The first kappa shape index (κ1) is 30.7. The number of rotatable bonds is 10. The smallest absolute Gasteiger partial charge is 0.344 e. The zero-order valence-corrected chi connectivity index (χ0v) is 26.0. The van der Waals surface area contributed by atoms with E-state index in [1.807, 2.05) is 28.8 Å². The van der Waals surface area contributed by atoms with Crippen molar-refractivity contribution < 1.29 is 19.5 Å². The first-order chi connectivity index (χ1) is 21.4. The number of hydrogen-bond acceptors (Lipinski definition) is 7. The molecule has 4 fully saturated rings. The number of amides is 1. The molecular formula is C34H47N5O5. The van der Waals surface area contributed by atoms with Gasteiger partial charge in [0.05, 0.1) is 11.0 Å². The number of benzene rings is 1. The van der Waals surface area contributed by atoms with Crippen molar-refractivity contribution in [2.24, 2.45) is 17.0 Å². The highest BCUT2D eigenvalue weighted by atomic mass is 16.6. The van der Waals surface area contributed by atoms with Crippen molar-refractivity contribution in [1.82, 2.24) is 19.8 Å². The summed E-state index contributed by atoms with van der Waals surface area (Å²) in [5, 5.41) is 15.8. The average molecular weight is 606 g/mol. The maximum atomic E-state index is 14.4. The zero-order chi connectivity index (χ0) is 30.6. The second kappa shape index (κ2) is 13.8. The number of aromatic nitrogens is 2. The molecule has 0 radical (unpaired) electrons. The number of fused-ring (bicyclic) bond motifs is 5. The van der Waals surface area contributed by atoms with Gasteiger partial charge in [-0.15, -0.1) is 0 Å². The lowest BCUT2D eigenvalue weighted by molar-refractivity contribution is -0.142. The quantitative estimate of drug-likeness (QED) is 0.287. The molecule has 2 aliphatic heterocycles. The fourth-order valence-corrected chi connectivity index (χ4v) is 8.93. The van der Waals surface area contributed by atoms with Gasteiger partial charge in [-0.2, -0.15) is 0 Å². The largest absolute Gasteiger partial charge is 0.479 e. The number of hydrogen-bond donors (Lipinski definition) is 2. The second-order valence-corrected chi connectivity index (χ2v) is 13.5. The summed E-state index contributed by atoms with van der Waals surface area (Å²) in [6.45, 7) is -0.620. The van der Waals surface area contributed by atoms with Crippen LogP contribution in [0.25, 0.3) is 11.0 Å². The van der Waals surface area contributed by atoms with Crippen LogP contribution in [0, 0.1) is 11.8 Å². The van der Waals surface area contributed by atoms with Gasteiger partial charge in [0.2, 0.25) is 12.5 Å². The number of carbonyl (C=O) groups is 2. The van der Waals surface area contributed by atoms with E-state index in [0.29, 0.717) is 30.1 Å². The molecule has 6 rings (SSSR count). The van der Waals surface area contributed by atoms with E-state index in [4.69, 9.17) is 14.9 Å². The fraction of sp³-hybridized carbons (Fsp3) is 0.676. The Morgan fingerprint density at radius 2 is 1.64 bits per heavy atom. The van der Waals surface area contributed by atoms with Crippen molar-refractivity contribution >= 4 is 28.6 Å². The van der Waals surface area contributed by atoms with Crippen molar-refractivity contribution in [3.8, 4) is 0 Å². The molecule has 10 nitrogen and oxygen atoms in total. The number of piperidine rings is 2. The number of oxime groups is 1. The van der Waals surface area contributed by atoms with Crippen molar-refractivity contribution in [2.45, 2.75) is 120 Å². The van der Waals surface area contributed by atoms with Crippen LogP contribution in [0.4, 0.5) is 0 Å². The number of carboxylic acid groups (broad SMARTS) is 1. The third-order valence-electron chi connectivity index (χ3n) is 10.7. The van der Waals surface area contributed by atoms with Crippen molar-refractivity contribution in [2.75, 3.05) is 13.7 Å². The number of nitrogens with zero attached hydrogens (tertiary/aromatic N) is 4. The highest BCUT2D eigenvalue weighted by Crippen LogP contribution is 2.47. The van der Waals surface area contributed by atoms with Crippen LogP contribution in [-0.2, 0) is 14.4 Å². The van der Waals surface area contributed by atoms with Crippen LogP contribution in [0.5, 0.6) is 0 Å². The predicted molar refractivity (Wildman–Crippen MR) is 169 cm³/mol. The normalized spacial score (nSPS) is 29.2. The van der Waals surface area contributed by atoms with Gasteiger partial charge < -0.3 is 19.8 Å². The lowest BCUT2D eigenvalue weighted by Crippen LogP contribution is -2.58. The van der Waals surface area contributed by atoms with Crippen molar-refractivity contribution in [3.05, 3.63) is 40.3 Å². The standard InChI is InChI=1S/C34H47N5O5/c1-35-31(40)15-7-13-29(37-44-21-32(41)42)33-34(43)39(30-14-5-4-12-28(30)36-33)27-19-24-10-6-11-25(20-27)38(24)26-17-22-8-2-3-9-23(16-22)18-26/h4-5,12,14,22-27H,2-3,6-11,13,15-21H2,1H3,(H,35,40)(H,41,42). The molecule has 10 heteroatoms. The number of carbonyl (C=O) groups excluding carboxylic acids is 1. The summed E-state index contributed by atoms with van der Waals surface area (Å²) in [6.07, 6.45) is 16.1. The van der Waals surface area contributed by atoms with E-state index in [0.717, 1.165) is 30.2 Å². The summed E-state index contributed by atoms with van der Waals surface area (Å²) in [7, 11) is 1.58. The molecule has 2 N–H and O–H groups in total. The van der Waals surface area contributed by atoms with Crippen LogP contribution in [-0.4, -0.2) is 68.9 Å². The first-order valence-electron chi connectivity index (χ1n) is 16.8. The van der Waals surface area contributed by atoms with E-state index >= 15 is 0 Å². The molecule has 2 saturated heterocycles. The monoisotopic (exact) mass is 605 g/mol. The molecule has 4 atom stereocenters. The Kier molecular flexibility index (Phi) is 9.64. The number of carboxylic acids is 1. The number of aliphatic carboxylic acids is 1. The van der Waals surface area contributed by atoms with Gasteiger partial charge in [0, 0.05) is 37.6 Å². The summed E-state index contributed by atoms with van der Waals surface area (Å²) < 4.78 is 1.95. The van der Waals surface area contributed by atoms with Crippen molar-refractivity contribution in [3.63, 3.8) is 0 Å². The first-order valence-corrected chi connectivity index (χ1v) is 16.8. The van der Waals surface area contributed by atoms with Gasteiger partial charge in [0.15, 0.2) is 5.69 Å². The molecule has 1 amide bonds. The van der Waals surface area contributed by atoms with Gasteiger partial charge >= 0.3 is 5.97 Å². The summed E-state index contributed by atoms with van der Waals surface area (Å²) in [4.78, 5) is 50.2. The molecule has 1 aromatic heterocycles. The SMILES string of the molecule is CNC(=O)CCCC(=NOCC(=O)O)c1nc2ccccc2n(C2CC3CCCC(C2)N3C2CC3CCCCC(C3)C2)c1=O. The van der Waals surface area contributed by atoms with Gasteiger partial charge in [-0.05, 0) is 81.8 Å². The highest BCUT2D eigenvalue weighted by Gasteiger charge is 2.45. The Labute approximate surface area is 259 Å². The lowest BCUT2D eigenvalue weighted by atomic mass is 9.73. The topological polar surface area (TPSA) is 126 Å². The predicted octanol–water partition coefficient (Wildman–Crippen LogP) is 5.04. The molecule has 2 aromatic rings. The summed E-state index contributed by atoms with van der Waals surface area (Å²) >= 11 is 0. The molecule has 0 spiro atoms. The molecule has 3 heterocycles. The Morgan fingerprint density at radius 1 is 0.932 bits per heavy atom. The van der Waals surface area contributed by atoms with Crippen LogP contribution in [0.1, 0.15) is 108 Å². The van der Waals surface area contributed by atoms with E-state index in [2.05, 4.69) is 15.4 Å². The number of nitrogens with one attached hydrogen (secondary N) is 1. The Morgan fingerprint density at radius 3 is 2.32 bits per heavy atom. The third-order valence-corrected chi connectivity index (χ3v) is 10.7. The molecule has 238 valence electrons. The van der Waals surface area contributed by atoms with Gasteiger partial charge in [-0.3, -0.25) is 14.5 Å². The summed E-state index contributed by atoms with van der Waals surface area (Å²) in [6, 6.07) is 9.40. The molecule has 4 aliphatic rings. The Bertz CT molecular complexity index is 1410. The fourth-order valence-electron chi connectivity index (χ4n) is 8.93.